The van der Waals surface area contributed by atoms with Crippen molar-refractivity contribution >= 4 is 5.97 Å². The van der Waals surface area contributed by atoms with E-state index in [0.717, 1.165) is 32.1 Å². The van der Waals surface area contributed by atoms with E-state index < -0.39 is 43.4 Å². The van der Waals surface area contributed by atoms with Crippen LogP contribution < -0.4 is 0 Å². The van der Waals surface area contributed by atoms with Gasteiger partial charge >= 0.3 is 5.97 Å². The number of esters is 1. The van der Waals surface area contributed by atoms with Crippen LogP contribution in [0.25, 0.3) is 0 Å². The van der Waals surface area contributed by atoms with Gasteiger partial charge < -0.3 is 39.4 Å². The van der Waals surface area contributed by atoms with Crippen molar-refractivity contribution in [1.29, 1.82) is 0 Å². The first-order valence-corrected chi connectivity index (χ1v) is 25.1. The molecule has 0 aromatic heterocycles. The van der Waals surface area contributed by atoms with E-state index in [1.807, 2.05) is 0 Å². The monoisotopic (exact) mass is 829 g/mol. The molecule has 0 radical (unpaired) electrons. The van der Waals surface area contributed by atoms with Crippen LogP contribution in [0, 0.1) is 0 Å². The highest BCUT2D eigenvalue weighted by Gasteiger charge is 2.44. The standard InChI is InChI=1S/C49H96O9/c1-3-5-7-9-11-13-15-17-18-19-20-21-22-23-24-25-27-29-31-33-35-37-39-55-41-43(42-56-49-48(54)47(53)46(52)44(40-50)58-49)57-45(51)38-36-34-32-30-28-26-16-14-12-10-8-6-4-2/h43-44,46-50,52-54H,3-42H2,1-2H3. The summed E-state index contributed by atoms with van der Waals surface area (Å²) in [6.07, 6.45) is 38.5. The molecule has 1 rings (SSSR count). The lowest BCUT2D eigenvalue weighted by molar-refractivity contribution is -0.305. The smallest absolute Gasteiger partial charge is 0.306 e. The molecule has 6 atom stereocenters. The number of ether oxygens (including phenoxy) is 4. The van der Waals surface area contributed by atoms with Crippen molar-refractivity contribution < 1.29 is 44.2 Å². The number of aliphatic hydroxyl groups excluding tert-OH is 4. The number of rotatable bonds is 44. The summed E-state index contributed by atoms with van der Waals surface area (Å²) >= 11 is 0. The van der Waals surface area contributed by atoms with Gasteiger partial charge in [0.05, 0.1) is 19.8 Å². The number of aliphatic hydroxyl groups is 4. The van der Waals surface area contributed by atoms with Crippen molar-refractivity contribution in [3.63, 3.8) is 0 Å². The molecule has 0 spiro atoms. The van der Waals surface area contributed by atoms with Gasteiger partial charge in [-0.25, -0.2) is 0 Å². The quantitative estimate of drug-likeness (QED) is 0.0350. The zero-order valence-corrected chi connectivity index (χ0v) is 38.1. The first kappa shape index (κ1) is 55.2. The van der Waals surface area contributed by atoms with E-state index in [9.17, 15) is 25.2 Å². The number of carbonyl (C=O) groups is 1. The molecule has 9 heteroatoms. The fourth-order valence-corrected chi connectivity index (χ4v) is 8.08. The lowest BCUT2D eigenvalue weighted by Gasteiger charge is -2.39. The zero-order chi connectivity index (χ0) is 42.2. The average molecular weight is 829 g/mol. The van der Waals surface area contributed by atoms with Crippen LogP contribution in [0.3, 0.4) is 0 Å². The molecule has 0 aliphatic carbocycles. The molecule has 1 aliphatic heterocycles. The van der Waals surface area contributed by atoms with Crippen molar-refractivity contribution in [1.82, 2.24) is 0 Å². The molecular weight excluding hydrogens is 733 g/mol. The fourth-order valence-electron chi connectivity index (χ4n) is 8.08. The van der Waals surface area contributed by atoms with Crippen LogP contribution >= 0.6 is 0 Å². The summed E-state index contributed by atoms with van der Waals surface area (Å²) in [6.45, 7) is 4.62. The van der Waals surface area contributed by atoms with Gasteiger partial charge in [0, 0.05) is 13.0 Å². The second-order valence-electron chi connectivity index (χ2n) is 17.6. The predicted molar refractivity (Wildman–Crippen MR) is 238 cm³/mol. The minimum absolute atomic E-state index is 0.105. The Balaban J connectivity index is 2.16. The van der Waals surface area contributed by atoms with Gasteiger partial charge in [0.25, 0.3) is 0 Å². The maximum Gasteiger partial charge on any atom is 0.306 e. The van der Waals surface area contributed by atoms with E-state index in [-0.39, 0.29) is 19.2 Å². The van der Waals surface area contributed by atoms with Gasteiger partial charge in [-0.05, 0) is 12.8 Å². The molecule has 9 nitrogen and oxygen atoms in total. The maximum absolute atomic E-state index is 12.8. The first-order valence-electron chi connectivity index (χ1n) is 25.1. The molecule has 1 saturated heterocycles. The Kier molecular flexibility index (Phi) is 39.5. The normalized spacial score (nSPS) is 20.1. The van der Waals surface area contributed by atoms with Crippen molar-refractivity contribution in [2.75, 3.05) is 26.4 Å². The second kappa shape index (κ2) is 41.5. The SMILES string of the molecule is CCCCCCCCCCCCCCCCCCCCCCCCOCC(COC1OC(CO)C(O)C(O)C1O)OC(=O)CCCCCCCCCCCCCCC. The highest BCUT2D eigenvalue weighted by Crippen LogP contribution is 2.23. The summed E-state index contributed by atoms with van der Waals surface area (Å²) in [5, 5.41) is 40.2. The van der Waals surface area contributed by atoms with Gasteiger partial charge in [-0.2, -0.15) is 0 Å². The minimum atomic E-state index is -1.53. The molecule has 0 saturated carbocycles. The van der Waals surface area contributed by atoms with Gasteiger partial charge in [-0.1, -0.05) is 226 Å². The molecule has 1 fully saturated rings. The molecule has 0 aromatic rings. The third-order valence-corrected chi connectivity index (χ3v) is 12.0. The van der Waals surface area contributed by atoms with Crippen LogP contribution in [0.5, 0.6) is 0 Å². The molecule has 346 valence electrons. The highest BCUT2D eigenvalue weighted by molar-refractivity contribution is 5.69. The Morgan fingerprint density at radius 1 is 0.483 bits per heavy atom. The van der Waals surface area contributed by atoms with Crippen LogP contribution in [0.2, 0.25) is 0 Å². The topological polar surface area (TPSA) is 135 Å². The molecule has 0 bridgehead atoms. The summed E-state index contributed by atoms with van der Waals surface area (Å²) in [6, 6.07) is 0. The molecule has 0 aromatic carbocycles. The van der Waals surface area contributed by atoms with Crippen LogP contribution in [0.4, 0.5) is 0 Å². The third kappa shape index (κ3) is 32.0. The zero-order valence-electron chi connectivity index (χ0n) is 38.1. The van der Waals surface area contributed by atoms with Crippen LogP contribution in [0.15, 0.2) is 0 Å². The summed E-state index contributed by atoms with van der Waals surface area (Å²) in [4.78, 5) is 12.8. The number of hydrogen-bond donors (Lipinski definition) is 4. The van der Waals surface area contributed by atoms with Crippen molar-refractivity contribution in [2.45, 2.75) is 282 Å². The number of unbranched alkanes of at least 4 members (excludes halogenated alkanes) is 33. The van der Waals surface area contributed by atoms with E-state index in [0.29, 0.717) is 13.0 Å². The minimum Gasteiger partial charge on any atom is -0.457 e. The molecule has 1 heterocycles. The van der Waals surface area contributed by atoms with Gasteiger partial charge in [0.2, 0.25) is 0 Å². The Morgan fingerprint density at radius 2 is 0.845 bits per heavy atom. The molecular formula is C49H96O9. The molecule has 1 aliphatic rings. The largest absolute Gasteiger partial charge is 0.457 e. The summed E-state index contributed by atoms with van der Waals surface area (Å²) < 4.78 is 22.9. The highest BCUT2D eigenvalue weighted by atomic mass is 16.7. The number of hydrogen-bond acceptors (Lipinski definition) is 9. The maximum atomic E-state index is 12.8. The van der Waals surface area contributed by atoms with E-state index in [2.05, 4.69) is 13.8 Å². The average Bonchev–Trinajstić information content (AvgIpc) is 3.22. The predicted octanol–water partition coefficient (Wildman–Crippen LogP) is 11.8. The second-order valence-corrected chi connectivity index (χ2v) is 17.6. The van der Waals surface area contributed by atoms with Crippen molar-refractivity contribution in [3.05, 3.63) is 0 Å². The fraction of sp³-hybridized carbons (Fsp3) is 0.980. The number of carbonyl (C=O) groups excluding carboxylic acids is 1. The van der Waals surface area contributed by atoms with E-state index in [1.54, 1.807) is 0 Å². The van der Waals surface area contributed by atoms with Gasteiger partial charge in [-0.3, -0.25) is 4.79 Å². The van der Waals surface area contributed by atoms with Crippen molar-refractivity contribution in [2.24, 2.45) is 0 Å². The van der Waals surface area contributed by atoms with Crippen LogP contribution in [-0.4, -0.2) is 89.6 Å². The van der Waals surface area contributed by atoms with E-state index >= 15 is 0 Å². The Hall–Kier alpha value is -0.810. The van der Waals surface area contributed by atoms with Gasteiger partial charge in [0.1, 0.15) is 30.5 Å². The van der Waals surface area contributed by atoms with E-state index in [4.69, 9.17) is 18.9 Å². The summed E-state index contributed by atoms with van der Waals surface area (Å²) in [5.41, 5.74) is 0. The van der Waals surface area contributed by atoms with Crippen LogP contribution in [0.1, 0.15) is 245 Å². The lowest BCUT2D eigenvalue weighted by Crippen LogP contribution is -2.59. The molecule has 4 N–H and O–H groups in total. The van der Waals surface area contributed by atoms with Gasteiger partial charge in [-0.15, -0.1) is 0 Å². The summed E-state index contributed by atoms with van der Waals surface area (Å²) in [5.74, 6) is -0.307. The lowest BCUT2D eigenvalue weighted by atomic mass is 9.99. The van der Waals surface area contributed by atoms with E-state index in [1.165, 1.54) is 193 Å². The summed E-state index contributed by atoms with van der Waals surface area (Å²) in [7, 11) is 0. The Morgan fingerprint density at radius 3 is 1.22 bits per heavy atom. The van der Waals surface area contributed by atoms with Crippen LogP contribution in [-0.2, 0) is 23.7 Å². The molecule has 58 heavy (non-hydrogen) atoms. The van der Waals surface area contributed by atoms with Gasteiger partial charge in [0.15, 0.2) is 6.29 Å². The molecule has 6 unspecified atom stereocenters. The first-order chi connectivity index (χ1) is 28.4. The Bertz CT molecular complexity index is 858. The van der Waals surface area contributed by atoms with Crippen molar-refractivity contribution in [3.8, 4) is 0 Å². The Labute approximate surface area is 357 Å². The molecule has 0 amide bonds. The third-order valence-electron chi connectivity index (χ3n) is 12.0.